The van der Waals surface area contributed by atoms with Crippen molar-refractivity contribution in [2.24, 2.45) is 40.4 Å². The molecule has 0 spiro atoms. The standard InChI is InChI=1S/C22H34O3/c1-13(12-23)16-4-5-17-20-18(7-9-22(16,17)3)21(2)8-6-15(24)10-14(21)11-19(20)25/h10,13,16-20,23,25H,4-9,11-12H2,1-3H3/t13?,16?,17-,18-,19-,20-,21-,22+/m0/s1. The van der Waals surface area contributed by atoms with E-state index in [-0.39, 0.29) is 29.3 Å². The second-order valence-corrected chi connectivity index (χ2v) is 10.0. The van der Waals surface area contributed by atoms with Gasteiger partial charge in [-0.3, -0.25) is 4.79 Å². The molecule has 0 saturated heterocycles. The van der Waals surface area contributed by atoms with Crippen LogP contribution in [0.3, 0.4) is 0 Å². The van der Waals surface area contributed by atoms with Crippen LogP contribution in [0.25, 0.3) is 0 Å². The highest BCUT2D eigenvalue weighted by Gasteiger charge is 2.61. The Hall–Kier alpha value is -0.670. The van der Waals surface area contributed by atoms with Crippen LogP contribution < -0.4 is 0 Å². The summed E-state index contributed by atoms with van der Waals surface area (Å²) in [6.45, 7) is 7.26. The van der Waals surface area contributed by atoms with Crippen molar-refractivity contribution in [3.8, 4) is 0 Å². The Morgan fingerprint density at radius 1 is 1.20 bits per heavy atom. The van der Waals surface area contributed by atoms with Crippen LogP contribution >= 0.6 is 0 Å². The van der Waals surface area contributed by atoms with E-state index in [4.69, 9.17) is 0 Å². The maximum Gasteiger partial charge on any atom is 0.155 e. The van der Waals surface area contributed by atoms with Crippen molar-refractivity contribution >= 4 is 5.78 Å². The van der Waals surface area contributed by atoms with Gasteiger partial charge >= 0.3 is 0 Å². The first-order valence-electron chi connectivity index (χ1n) is 10.3. The van der Waals surface area contributed by atoms with Gasteiger partial charge in [-0.05, 0) is 85.0 Å². The minimum Gasteiger partial charge on any atom is -0.396 e. The minimum atomic E-state index is -0.303. The summed E-state index contributed by atoms with van der Waals surface area (Å²) in [6, 6.07) is 0. The van der Waals surface area contributed by atoms with Gasteiger partial charge in [-0.15, -0.1) is 0 Å². The molecule has 0 aromatic rings. The molecule has 0 aromatic carbocycles. The van der Waals surface area contributed by atoms with Crippen LogP contribution in [0.4, 0.5) is 0 Å². The second kappa shape index (κ2) is 5.92. The van der Waals surface area contributed by atoms with Gasteiger partial charge in [0.25, 0.3) is 0 Å². The van der Waals surface area contributed by atoms with Gasteiger partial charge in [0, 0.05) is 13.0 Å². The molecule has 3 saturated carbocycles. The molecular weight excluding hydrogens is 312 g/mol. The van der Waals surface area contributed by atoms with E-state index in [1.165, 1.54) is 24.8 Å². The quantitative estimate of drug-likeness (QED) is 0.801. The van der Waals surface area contributed by atoms with Crippen molar-refractivity contribution in [2.45, 2.75) is 71.8 Å². The average Bonchev–Trinajstić information content (AvgIpc) is 2.93. The predicted octanol–water partition coefficient (Wildman–Crippen LogP) is 3.73. The largest absolute Gasteiger partial charge is 0.396 e. The normalized spacial score (nSPS) is 50.5. The zero-order chi connectivity index (χ0) is 18.0. The lowest BCUT2D eigenvalue weighted by Crippen LogP contribution is -2.55. The van der Waals surface area contributed by atoms with Gasteiger partial charge < -0.3 is 10.2 Å². The molecule has 2 N–H and O–H groups in total. The molecule has 3 fully saturated rings. The zero-order valence-corrected chi connectivity index (χ0v) is 16.0. The number of carbonyl (C=O) groups is 1. The first-order valence-corrected chi connectivity index (χ1v) is 10.3. The van der Waals surface area contributed by atoms with E-state index >= 15 is 0 Å². The third-order valence-electron chi connectivity index (χ3n) is 9.03. The Morgan fingerprint density at radius 2 is 1.96 bits per heavy atom. The Bertz CT molecular complexity index is 596. The number of aliphatic hydroxyl groups excluding tert-OH is 2. The maximum atomic E-state index is 11.9. The van der Waals surface area contributed by atoms with Gasteiger partial charge in [0.2, 0.25) is 0 Å². The van der Waals surface area contributed by atoms with Crippen LogP contribution in [0.5, 0.6) is 0 Å². The molecule has 0 bridgehead atoms. The molecule has 3 nitrogen and oxygen atoms in total. The molecule has 0 aromatic heterocycles. The molecule has 0 radical (unpaired) electrons. The predicted molar refractivity (Wildman–Crippen MR) is 97.8 cm³/mol. The molecule has 4 aliphatic carbocycles. The Labute approximate surface area is 151 Å². The Morgan fingerprint density at radius 3 is 2.68 bits per heavy atom. The molecule has 8 atom stereocenters. The lowest BCUT2D eigenvalue weighted by atomic mass is 9.46. The van der Waals surface area contributed by atoms with Gasteiger partial charge in [-0.1, -0.05) is 26.3 Å². The summed E-state index contributed by atoms with van der Waals surface area (Å²) in [5, 5.41) is 20.8. The molecular formula is C22H34O3. The second-order valence-electron chi connectivity index (χ2n) is 10.0. The lowest BCUT2D eigenvalue weighted by Gasteiger charge is -2.59. The van der Waals surface area contributed by atoms with Gasteiger partial charge in [0.05, 0.1) is 6.10 Å². The van der Waals surface area contributed by atoms with Gasteiger partial charge in [0.1, 0.15) is 0 Å². The third-order valence-corrected chi connectivity index (χ3v) is 9.03. The van der Waals surface area contributed by atoms with E-state index in [2.05, 4.69) is 20.8 Å². The van der Waals surface area contributed by atoms with Crippen molar-refractivity contribution in [3.63, 3.8) is 0 Å². The fourth-order valence-corrected chi connectivity index (χ4v) is 7.63. The first kappa shape index (κ1) is 17.7. The fourth-order valence-electron chi connectivity index (χ4n) is 7.63. The monoisotopic (exact) mass is 346 g/mol. The summed E-state index contributed by atoms with van der Waals surface area (Å²) in [5.74, 6) is 2.62. The maximum absolute atomic E-state index is 11.9. The summed E-state index contributed by atoms with van der Waals surface area (Å²) < 4.78 is 0. The molecule has 0 amide bonds. The number of hydrogen-bond acceptors (Lipinski definition) is 3. The number of aliphatic hydroxyl groups is 2. The van der Waals surface area contributed by atoms with Crippen molar-refractivity contribution < 1.29 is 15.0 Å². The van der Waals surface area contributed by atoms with E-state index in [0.717, 1.165) is 12.8 Å². The van der Waals surface area contributed by atoms with E-state index in [1.54, 1.807) is 0 Å². The molecule has 3 heteroatoms. The van der Waals surface area contributed by atoms with E-state index in [9.17, 15) is 15.0 Å². The lowest BCUT2D eigenvalue weighted by molar-refractivity contribution is -0.125. The molecule has 4 aliphatic rings. The number of carbonyl (C=O) groups excluding carboxylic acids is 1. The van der Waals surface area contributed by atoms with Crippen LogP contribution in [-0.4, -0.2) is 28.7 Å². The average molecular weight is 347 g/mol. The van der Waals surface area contributed by atoms with Gasteiger partial charge in [-0.2, -0.15) is 0 Å². The smallest absolute Gasteiger partial charge is 0.155 e. The van der Waals surface area contributed by atoms with Crippen LogP contribution in [-0.2, 0) is 4.79 Å². The highest BCUT2D eigenvalue weighted by atomic mass is 16.3. The molecule has 140 valence electrons. The van der Waals surface area contributed by atoms with Gasteiger partial charge in [0.15, 0.2) is 5.78 Å². The number of hydrogen-bond donors (Lipinski definition) is 2. The first-order chi connectivity index (χ1) is 11.8. The highest BCUT2D eigenvalue weighted by Crippen LogP contribution is 2.67. The zero-order valence-electron chi connectivity index (χ0n) is 16.0. The van der Waals surface area contributed by atoms with Crippen LogP contribution in [0.2, 0.25) is 0 Å². The van der Waals surface area contributed by atoms with Crippen molar-refractivity contribution in [1.29, 1.82) is 0 Å². The topological polar surface area (TPSA) is 57.5 Å². The SMILES string of the molecule is CC(CO)C1CC[C@H]2[C@@H]3[C@@H](O)CC4=CC(=O)CC[C@]4(C)[C@H]3CC[C@]12C. The van der Waals surface area contributed by atoms with Crippen LogP contribution in [0, 0.1) is 40.4 Å². The molecule has 0 heterocycles. The minimum absolute atomic E-state index is 0.111. The fraction of sp³-hybridized carbons (Fsp3) is 0.864. The molecule has 4 rings (SSSR count). The summed E-state index contributed by atoms with van der Waals surface area (Å²) in [6.07, 6.45) is 8.63. The van der Waals surface area contributed by atoms with E-state index < -0.39 is 0 Å². The van der Waals surface area contributed by atoms with Crippen molar-refractivity contribution in [3.05, 3.63) is 11.6 Å². The molecule has 25 heavy (non-hydrogen) atoms. The molecule has 0 aliphatic heterocycles. The van der Waals surface area contributed by atoms with E-state index in [1.807, 2.05) is 6.08 Å². The third kappa shape index (κ3) is 2.41. The summed E-state index contributed by atoms with van der Waals surface area (Å²) >= 11 is 0. The van der Waals surface area contributed by atoms with Crippen molar-refractivity contribution in [1.82, 2.24) is 0 Å². The Kier molecular flexibility index (Phi) is 4.20. The summed E-state index contributed by atoms with van der Waals surface area (Å²) in [7, 11) is 0. The number of ketones is 1. The highest BCUT2D eigenvalue weighted by molar-refractivity contribution is 5.91. The van der Waals surface area contributed by atoms with E-state index in [0.29, 0.717) is 42.4 Å². The number of fused-ring (bicyclic) bond motifs is 5. The summed E-state index contributed by atoms with van der Waals surface area (Å²) in [5.41, 5.74) is 1.59. The van der Waals surface area contributed by atoms with Crippen LogP contribution in [0.1, 0.15) is 65.7 Å². The van der Waals surface area contributed by atoms with Crippen molar-refractivity contribution in [2.75, 3.05) is 6.61 Å². The Balaban J connectivity index is 1.68. The number of rotatable bonds is 2. The van der Waals surface area contributed by atoms with Gasteiger partial charge in [-0.25, -0.2) is 0 Å². The van der Waals surface area contributed by atoms with Crippen LogP contribution in [0.15, 0.2) is 11.6 Å². The molecule has 2 unspecified atom stereocenters. The summed E-state index contributed by atoms with van der Waals surface area (Å²) in [4.78, 5) is 11.9.